The number of alkyl carbamates (subject to hydrolysis) is 2. The zero-order valence-electron chi connectivity index (χ0n) is 21.9. The number of hydrogen-bond donors (Lipinski definition) is 4. The summed E-state index contributed by atoms with van der Waals surface area (Å²) < 4.78 is 10.7. The summed E-state index contributed by atoms with van der Waals surface area (Å²) in [4.78, 5) is 47.6. The third kappa shape index (κ3) is 8.22. The Morgan fingerprint density at radius 2 is 1.50 bits per heavy atom. The van der Waals surface area contributed by atoms with Gasteiger partial charge in [0.25, 0.3) is 0 Å². The number of hydrogen-bond acceptors (Lipinski definition) is 6. The van der Waals surface area contributed by atoms with Gasteiger partial charge in [-0.2, -0.15) is 0 Å². The fraction of sp³-hybridized carbons (Fsp3) is 0.429. The quantitative estimate of drug-likeness (QED) is 0.327. The van der Waals surface area contributed by atoms with E-state index < -0.39 is 42.3 Å². The number of fused-ring (bicyclic) bond motifs is 3. The number of aliphatic carboxylic acids is 1. The maximum absolute atomic E-state index is 12.4. The molecule has 204 valence electrons. The number of carbonyl (C=O) groups is 4. The van der Waals surface area contributed by atoms with E-state index in [1.807, 2.05) is 24.3 Å². The van der Waals surface area contributed by atoms with Gasteiger partial charge in [-0.1, -0.05) is 48.5 Å². The summed E-state index contributed by atoms with van der Waals surface area (Å²) in [7, 11) is 0. The Balaban J connectivity index is 1.44. The molecular weight excluding hydrogens is 490 g/mol. The summed E-state index contributed by atoms with van der Waals surface area (Å²) in [5.41, 5.74) is 3.81. The predicted molar refractivity (Wildman–Crippen MR) is 141 cm³/mol. The van der Waals surface area contributed by atoms with E-state index in [-0.39, 0.29) is 18.9 Å². The van der Waals surface area contributed by atoms with Crippen molar-refractivity contribution in [3.8, 4) is 11.1 Å². The number of amides is 3. The first-order valence-electron chi connectivity index (χ1n) is 12.6. The molecule has 0 saturated carbocycles. The lowest BCUT2D eigenvalue weighted by Gasteiger charge is -2.23. The van der Waals surface area contributed by atoms with Crippen LogP contribution < -0.4 is 16.0 Å². The van der Waals surface area contributed by atoms with Gasteiger partial charge in [-0.15, -0.1) is 0 Å². The molecule has 1 atom stereocenters. The first-order valence-corrected chi connectivity index (χ1v) is 12.6. The Kier molecular flexibility index (Phi) is 9.70. The van der Waals surface area contributed by atoms with Crippen molar-refractivity contribution in [1.29, 1.82) is 0 Å². The van der Waals surface area contributed by atoms with Crippen LogP contribution in [0.1, 0.15) is 57.1 Å². The van der Waals surface area contributed by atoms with Crippen LogP contribution in [-0.4, -0.2) is 60.5 Å². The number of carbonyl (C=O) groups excluding carboxylic acids is 3. The number of benzene rings is 2. The van der Waals surface area contributed by atoms with Crippen LogP contribution in [-0.2, 0) is 19.1 Å². The molecule has 10 nitrogen and oxygen atoms in total. The lowest BCUT2D eigenvalue weighted by Crippen LogP contribution is -2.49. The monoisotopic (exact) mass is 525 g/mol. The van der Waals surface area contributed by atoms with Gasteiger partial charge < -0.3 is 30.5 Å². The third-order valence-corrected chi connectivity index (χ3v) is 5.95. The minimum absolute atomic E-state index is 0.0304. The van der Waals surface area contributed by atoms with E-state index in [0.717, 1.165) is 22.3 Å². The molecule has 0 spiro atoms. The molecular formula is C28H35N3O7. The van der Waals surface area contributed by atoms with Gasteiger partial charge in [0.05, 0.1) is 0 Å². The van der Waals surface area contributed by atoms with Gasteiger partial charge in [-0.3, -0.25) is 9.59 Å². The summed E-state index contributed by atoms with van der Waals surface area (Å²) >= 11 is 0. The molecule has 2 aromatic carbocycles. The summed E-state index contributed by atoms with van der Waals surface area (Å²) in [6, 6.07) is 15.2. The predicted octanol–water partition coefficient (Wildman–Crippen LogP) is 3.79. The molecule has 0 saturated heterocycles. The molecule has 1 aliphatic carbocycles. The highest BCUT2D eigenvalue weighted by molar-refractivity contribution is 5.88. The molecule has 3 rings (SSSR count). The molecule has 0 heterocycles. The highest BCUT2D eigenvalue weighted by Gasteiger charge is 2.29. The van der Waals surface area contributed by atoms with Gasteiger partial charge >= 0.3 is 18.2 Å². The van der Waals surface area contributed by atoms with Crippen molar-refractivity contribution >= 4 is 24.1 Å². The van der Waals surface area contributed by atoms with Crippen LogP contribution in [0.3, 0.4) is 0 Å². The number of unbranched alkanes of at least 4 members (excludes halogenated alkanes) is 1. The van der Waals surface area contributed by atoms with Gasteiger partial charge in [0.15, 0.2) is 0 Å². The minimum atomic E-state index is -1.19. The smallest absolute Gasteiger partial charge is 0.408 e. The van der Waals surface area contributed by atoms with Gasteiger partial charge in [0.2, 0.25) is 5.91 Å². The van der Waals surface area contributed by atoms with E-state index in [1.54, 1.807) is 20.8 Å². The Morgan fingerprint density at radius 3 is 2.08 bits per heavy atom. The first-order chi connectivity index (χ1) is 18.0. The van der Waals surface area contributed by atoms with Crippen LogP contribution in [0.4, 0.5) is 9.59 Å². The van der Waals surface area contributed by atoms with E-state index in [4.69, 9.17) is 14.6 Å². The van der Waals surface area contributed by atoms with Crippen LogP contribution in [0.15, 0.2) is 48.5 Å². The lowest BCUT2D eigenvalue weighted by atomic mass is 9.98. The molecule has 4 N–H and O–H groups in total. The zero-order chi connectivity index (χ0) is 27.7. The highest BCUT2D eigenvalue weighted by Crippen LogP contribution is 2.44. The van der Waals surface area contributed by atoms with E-state index in [2.05, 4.69) is 40.2 Å². The fourth-order valence-electron chi connectivity index (χ4n) is 4.32. The van der Waals surface area contributed by atoms with Crippen LogP contribution >= 0.6 is 0 Å². The molecule has 0 radical (unpaired) electrons. The number of nitrogens with one attached hydrogen (secondary N) is 3. The molecule has 1 unspecified atom stereocenters. The van der Waals surface area contributed by atoms with E-state index >= 15 is 0 Å². The molecule has 0 bridgehead atoms. The van der Waals surface area contributed by atoms with E-state index in [1.165, 1.54) is 0 Å². The van der Waals surface area contributed by atoms with Crippen molar-refractivity contribution < 1.29 is 33.8 Å². The van der Waals surface area contributed by atoms with Crippen molar-refractivity contribution in [3.05, 3.63) is 59.7 Å². The Morgan fingerprint density at radius 1 is 0.895 bits per heavy atom. The second kappa shape index (κ2) is 12.9. The zero-order valence-corrected chi connectivity index (χ0v) is 21.9. The topological polar surface area (TPSA) is 143 Å². The molecule has 3 amide bonds. The molecule has 0 aromatic heterocycles. The van der Waals surface area contributed by atoms with Crippen molar-refractivity contribution in [2.75, 3.05) is 19.7 Å². The van der Waals surface area contributed by atoms with Gasteiger partial charge in [0, 0.05) is 12.5 Å². The average Bonchev–Trinajstić information content (AvgIpc) is 3.17. The number of rotatable bonds is 11. The second-order valence-corrected chi connectivity index (χ2v) is 10.1. The SMILES string of the molecule is CC(C)(C)OC(=O)NC(CCCCNC(=O)OCC1c2ccccc2-c2ccccc21)C(=O)NCC(=O)O. The maximum atomic E-state index is 12.4. The normalized spacial score (nSPS) is 13.0. The van der Waals surface area contributed by atoms with Gasteiger partial charge in [-0.05, 0) is 62.3 Å². The van der Waals surface area contributed by atoms with Crippen LogP contribution in [0.25, 0.3) is 11.1 Å². The average molecular weight is 526 g/mol. The fourth-order valence-corrected chi connectivity index (χ4v) is 4.32. The second-order valence-electron chi connectivity index (χ2n) is 10.1. The molecule has 2 aromatic rings. The van der Waals surface area contributed by atoms with Crippen LogP contribution in [0.5, 0.6) is 0 Å². The molecule has 0 fully saturated rings. The number of ether oxygens (including phenoxy) is 2. The molecule has 1 aliphatic rings. The number of carboxylic acid groups (broad SMARTS) is 1. The summed E-state index contributed by atoms with van der Waals surface area (Å²) in [5, 5.41) is 16.3. The standard InChI is InChI=1S/C28H35N3O7/c1-28(2,3)38-27(36)31-23(25(34)30-16-24(32)33)14-8-9-15-29-26(35)37-17-22-20-12-6-4-10-18(20)19-11-5-7-13-21(19)22/h4-7,10-13,22-23H,8-9,14-17H2,1-3H3,(H,29,35)(H,30,34)(H,31,36)(H,32,33). The summed E-state index contributed by atoms with van der Waals surface area (Å²) in [5.74, 6) is -1.85. The minimum Gasteiger partial charge on any atom is -0.480 e. The third-order valence-electron chi connectivity index (χ3n) is 5.95. The largest absolute Gasteiger partial charge is 0.480 e. The molecule has 38 heavy (non-hydrogen) atoms. The molecule has 0 aliphatic heterocycles. The Hall–Kier alpha value is -4.08. The van der Waals surface area contributed by atoms with Crippen LogP contribution in [0.2, 0.25) is 0 Å². The van der Waals surface area contributed by atoms with Crippen molar-refractivity contribution in [1.82, 2.24) is 16.0 Å². The first kappa shape index (κ1) is 28.5. The summed E-state index contributed by atoms with van der Waals surface area (Å²) in [6.07, 6.45) is -0.0795. The Labute approximate surface area is 222 Å². The van der Waals surface area contributed by atoms with E-state index in [0.29, 0.717) is 19.4 Å². The van der Waals surface area contributed by atoms with Gasteiger partial charge in [-0.25, -0.2) is 9.59 Å². The lowest BCUT2D eigenvalue weighted by molar-refractivity contribution is -0.138. The van der Waals surface area contributed by atoms with Gasteiger partial charge in [0.1, 0.15) is 24.8 Å². The van der Waals surface area contributed by atoms with Crippen molar-refractivity contribution in [2.24, 2.45) is 0 Å². The van der Waals surface area contributed by atoms with E-state index in [9.17, 15) is 19.2 Å². The molecule has 10 heteroatoms. The Bertz CT molecular complexity index is 1110. The maximum Gasteiger partial charge on any atom is 0.408 e. The van der Waals surface area contributed by atoms with Crippen molar-refractivity contribution in [3.63, 3.8) is 0 Å². The van der Waals surface area contributed by atoms with Crippen molar-refractivity contribution in [2.45, 2.75) is 57.6 Å². The highest BCUT2D eigenvalue weighted by atomic mass is 16.6. The number of carboxylic acids is 1. The summed E-state index contributed by atoms with van der Waals surface area (Å²) in [6.45, 7) is 5.05. The van der Waals surface area contributed by atoms with Crippen LogP contribution in [0, 0.1) is 0 Å².